The molecule has 0 radical (unpaired) electrons. The molecule has 2 N–H and O–H groups in total. The minimum absolute atomic E-state index is 0.00328. The van der Waals surface area contributed by atoms with Crippen LogP contribution in [0.25, 0.3) is 0 Å². The number of hydrogen-bond acceptors (Lipinski definition) is 3. The highest BCUT2D eigenvalue weighted by Crippen LogP contribution is 2.21. The van der Waals surface area contributed by atoms with Gasteiger partial charge in [0.25, 0.3) is 0 Å². The lowest BCUT2D eigenvalue weighted by molar-refractivity contribution is -0.120. The number of anilines is 2. The van der Waals surface area contributed by atoms with Crippen LogP contribution in [0.15, 0.2) is 54.6 Å². The van der Waals surface area contributed by atoms with E-state index in [-0.39, 0.29) is 18.5 Å². The number of carbonyl (C=O) groups is 1. The van der Waals surface area contributed by atoms with Gasteiger partial charge in [-0.2, -0.15) is 0 Å². The minimum atomic E-state index is -0.00328. The number of nitrogens with zero attached hydrogens (tertiary/aromatic N) is 1. The molecule has 0 aromatic heterocycles. The smallest absolute Gasteiger partial charge is 0.239 e. The molecule has 1 aliphatic heterocycles. The Morgan fingerprint density at radius 1 is 1.00 bits per heavy atom. The summed E-state index contributed by atoms with van der Waals surface area (Å²) in [7, 11) is 0. The van der Waals surface area contributed by atoms with E-state index in [0.29, 0.717) is 0 Å². The van der Waals surface area contributed by atoms with Crippen molar-refractivity contribution in [3.63, 3.8) is 0 Å². The molecule has 132 valence electrons. The predicted octanol–water partition coefficient (Wildman–Crippen LogP) is 3.97. The first-order valence-corrected chi connectivity index (χ1v) is 9.15. The van der Waals surface area contributed by atoms with E-state index in [4.69, 9.17) is 0 Å². The largest absolute Gasteiger partial charge is 0.376 e. The van der Waals surface area contributed by atoms with Gasteiger partial charge < -0.3 is 15.5 Å². The first-order chi connectivity index (χ1) is 12.2. The Hall–Kier alpha value is -2.49. The van der Waals surface area contributed by atoms with E-state index >= 15 is 0 Å². The highest BCUT2D eigenvalue weighted by Gasteiger charge is 2.11. The molecule has 1 fully saturated rings. The van der Waals surface area contributed by atoms with Gasteiger partial charge in [0, 0.05) is 24.5 Å². The van der Waals surface area contributed by atoms with Gasteiger partial charge in [0.15, 0.2) is 0 Å². The second-order valence-corrected chi connectivity index (χ2v) is 6.65. The summed E-state index contributed by atoms with van der Waals surface area (Å²) in [5.74, 6) is -0.00328. The highest BCUT2D eigenvalue weighted by atomic mass is 16.1. The molecule has 2 aromatic rings. The molecule has 3 rings (SSSR count). The Labute approximate surface area is 150 Å². The summed E-state index contributed by atoms with van der Waals surface area (Å²) in [4.78, 5) is 14.6. The highest BCUT2D eigenvalue weighted by molar-refractivity contribution is 5.81. The molecule has 0 spiro atoms. The monoisotopic (exact) mass is 337 g/mol. The third-order valence-corrected chi connectivity index (χ3v) is 4.72. The van der Waals surface area contributed by atoms with Crippen LogP contribution < -0.4 is 15.5 Å². The molecule has 1 amide bonds. The maximum atomic E-state index is 12.1. The molecule has 25 heavy (non-hydrogen) atoms. The molecule has 0 saturated carbocycles. The fourth-order valence-corrected chi connectivity index (χ4v) is 3.24. The maximum Gasteiger partial charge on any atom is 0.239 e. The van der Waals surface area contributed by atoms with Crippen molar-refractivity contribution in [1.29, 1.82) is 0 Å². The van der Waals surface area contributed by atoms with Crippen LogP contribution in [-0.2, 0) is 4.79 Å². The summed E-state index contributed by atoms with van der Waals surface area (Å²) in [6.45, 7) is 4.57. The Morgan fingerprint density at radius 2 is 1.68 bits per heavy atom. The zero-order chi connectivity index (χ0) is 17.5. The first kappa shape index (κ1) is 17.3. The van der Waals surface area contributed by atoms with Crippen LogP contribution in [0.3, 0.4) is 0 Å². The van der Waals surface area contributed by atoms with E-state index in [1.807, 2.05) is 37.3 Å². The summed E-state index contributed by atoms with van der Waals surface area (Å²) in [6, 6.07) is 18.4. The summed E-state index contributed by atoms with van der Waals surface area (Å²) in [6.07, 6.45) is 3.90. The predicted molar refractivity (Wildman–Crippen MR) is 104 cm³/mol. The molecule has 1 aliphatic rings. The fraction of sp³-hybridized carbons (Fsp3) is 0.381. The van der Waals surface area contributed by atoms with Gasteiger partial charge in [-0.25, -0.2) is 0 Å². The van der Waals surface area contributed by atoms with E-state index in [2.05, 4.69) is 39.8 Å². The number of rotatable bonds is 6. The van der Waals surface area contributed by atoms with Crippen molar-refractivity contribution in [2.75, 3.05) is 29.9 Å². The average Bonchev–Trinajstić information content (AvgIpc) is 2.68. The average molecular weight is 337 g/mol. The van der Waals surface area contributed by atoms with Crippen LogP contribution in [-0.4, -0.2) is 25.5 Å². The van der Waals surface area contributed by atoms with E-state index in [1.54, 1.807) is 0 Å². The topological polar surface area (TPSA) is 44.4 Å². The van der Waals surface area contributed by atoms with Gasteiger partial charge in [0.1, 0.15) is 0 Å². The van der Waals surface area contributed by atoms with Crippen molar-refractivity contribution in [2.45, 2.75) is 32.2 Å². The third kappa shape index (κ3) is 4.99. The van der Waals surface area contributed by atoms with Crippen molar-refractivity contribution in [3.8, 4) is 0 Å². The lowest BCUT2D eigenvalue weighted by atomic mass is 10.1. The van der Waals surface area contributed by atoms with Crippen LogP contribution in [0.5, 0.6) is 0 Å². The molecule has 2 aromatic carbocycles. The van der Waals surface area contributed by atoms with Crippen molar-refractivity contribution in [3.05, 3.63) is 60.2 Å². The van der Waals surface area contributed by atoms with Crippen LogP contribution in [0, 0.1) is 0 Å². The Bertz CT molecular complexity index is 663. The Balaban J connectivity index is 1.47. The molecule has 1 heterocycles. The summed E-state index contributed by atoms with van der Waals surface area (Å²) in [5, 5.41) is 6.22. The Kier molecular flexibility index (Phi) is 5.94. The number of carbonyl (C=O) groups excluding carboxylic acids is 1. The van der Waals surface area contributed by atoms with Crippen molar-refractivity contribution in [1.82, 2.24) is 5.32 Å². The van der Waals surface area contributed by atoms with E-state index in [0.717, 1.165) is 24.3 Å². The van der Waals surface area contributed by atoms with E-state index < -0.39 is 0 Å². The molecule has 4 heteroatoms. The lowest BCUT2D eigenvalue weighted by Gasteiger charge is -2.28. The third-order valence-electron chi connectivity index (χ3n) is 4.72. The maximum absolute atomic E-state index is 12.1. The number of piperidine rings is 1. The van der Waals surface area contributed by atoms with Crippen molar-refractivity contribution >= 4 is 17.3 Å². The molecule has 0 aliphatic carbocycles. The lowest BCUT2D eigenvalue weighted by Crippen LogP contribution is -2.32. The summed E-state index contributed by atoms with van der Waals surface area (Å²) >= 11 is 0. The van der Waals surface area contributed by atoms with E-state index in [1.165, 1.54) is 24.9 Å². The van der Waals surface area contributed by atoms with Gasteiger partial charge in [-0.1, -0.05) is 30.3 Å². The molecule has 0 bridgehead atoms. The number of nitrogens with one attached hydrogen (secondary N) is 2. The van der Waals surface area contributed by atoms with Gasteiger partial charge in [0.05, 0.1) is 12.6 Å². The van der Waals surface area contributed by atoms with Gasteiger partial charge in [-0.15, -0.1) is 0 Å². The zero-order valence-electron chi connectivity index (χ0n) is 14.9. The second kappa shape index (κ2) is 8.56. The number of amides is 1. The fourth-order valence-electron chi connectivity index (χ4n) is 3.24. The van der Waals surface area contributed by atoms with Crippen LogP contribution in [0.1, 0.15) is 37.8 Å². The second-order valence-electron chi connectivity index (χ2n) is 6.65. The molecule has 1 unspecified atom stereocenters. The normalized spacial score (nSPS) is 15.5. The standard InChI is InChI=1S/C21H27N3O/c1-17(18-8-4-2-5-9-18)23-21(25)16-22-19-10-12-20(13-11-19)24-14-6-3-7-15-24/h2,4-5,8-13,17,22H,3,6-7,14-16H2,1H3,(H,23,25). The first-order valence-electron chi connectivity index (χ1n) is 9.15. The summed E-state index contributed by atoms with van der Waals surface area (Å²) < 4.78 is 0. The summed E-state index contributed by atoms with van der Waals surface area (Å²) in [5.41, 5.74) is 3.36. The molecular formula is C21H27N3O. The molecule has 1 atom stereocenters. The van der Waals surface area contributed by atoms with Crippen LogP contribution in [0.2, 0.25) is 0 Å². The molecular weight excluding hydrogens is 310 g/mol. The number of hydrogen-bond donors (Lipinski definition) is 2. The van der Waals surface area contributed by atoms with Crippen LogP contribution in [0.4, 0.5) is 11.4 Å². The number of benzene rings is 2. The van der Waals surface area contributed by atoms with Gasteiger partial charge in [0.2, 0.25) is 5.91 Å². The Morgan fingerprint density at radius 3 is 2.36 bits per heavy atom. The van der Waals surface area contributed by atoms with Gasteiger partial charge >= 0.3 is 0 Å². The van der Waals surface area contributed by atoms with Crippen LogP contribution >= 0.6 is 0 Å². The van der Waals surface area contributed by atoms with Crippen molar-refractivity contribution in [2.24, 2.45) is 0 Å². The van der Waals surface area contributed by atoms with Gasteiger partial charge in [-0.05, 0) is 56.0 Å². The van der Waals surface area contributed by atoms with Gasteiger partial charge in [-0.3, -0.25) is 4.79 Å². The quantitative estimate of drug-likeness (QED) is 0.838. The zero-order valence-corrected chi connectivity index (χ0v) is 14.9. The molecule has 1 saturated heterocycles. The van der Waals surface area contributed by atoms with E-state index in [9.17, 15) is 4.79 Å². The SMILES string of the molecule is CC(NC(=O)CNc1ccc(N2CCCCC2)cc1)c1ccccc1. The molecule has 4 nitrogen and oxygen atoms in total. The van der Waals surface area contributed by atoms with Crippen molar-refractivity contribution < 1.29 is 4.79 Å². The minimum Gasteiger partial charge on any atom is -0.376 e.